The highest BCUT2D eigenvalue weighted by Gasteiger charge is 2.23. The molecule has 1 rings (SSSR count). The molecule has 1 nitrogen and oxygen atoms in total. The molecule has 111 valence electrons. The zero-order chi connectivity index (χ0) is 15.0. The van der Waals surface area contributed by atoms with Crippen LogP contribution in [0.1, 0.15) is 71.3 Å². The maximum Gasteiger partial charge on any atom is 0.158 e. The SMILES string of the molecule is CCCCCCCC(C)([B]c1ccc(N)c(C)c1)CC. The molecule has 1 unspecified atom stereocenters. The number of rotatable bonds is 9. The molecule has 0 spiro atoms. The Balaban J connectivity index is 2.52. The third-order valence-electron chi connectivity index (χ3n) is 4.47. The van der Waals surface area contributed by atoms with Crippen molar-refractivity contribution in [1.29, 1.82) is 0 Å². The first-order valence-electron chi connectivity index (χ1n) is 8.23. The number of benzene rings is 1. The molecule has 0 aliphatic rings. The van der Waals surface area contributed by atoms with Gasteiger partial charge in [-0.3, -0.25) is 0 Å². The van der Waals surface area contributed by atoms with E-state index in [-0.39, 0.29) is 0 Å². The zero-order valence-corrected chi connectivity index (χ0v) is 13.8. The molecule has 1 atom stereocenters. The summed E-state index contributed by atoms with van der Waals surface area (Å²) in [4.78, 5) is 0. The van der Waals surface area contributed by atoms with Crippen LogP contribution in [0.15, 0.2) is 18.2 Å². The van der Waals surface area contributed by atoms with Gasteiger partial charge in [-0.05, 0) is 18.6 Å². The topological polar surface area (TPSA) is 26.0 Å². The van der Waals surface area contributed by atoms with E-state index in [2.05, 4.69) is 47.1 Å². The molecule has 1 aromatic rings. The van der Waals surface area contributed by atoms with E-state index in [0.29, 0.717) is 5.31 Å². The van der Waals surface area contributed by atoms with Crippen molar-refractivity contribution in [3.8, 4) is 0 Å². The summed E-state index contributed by atoms with van der Waals surface area (Å²) in [6, 6.07) is 6.38. The molecule has 1 aromatic carbocycles. The summed E-state index contributed by atoms with van der Waals surface area (Å²) in [7, 11) is 2.44. The minimum atomic E-state index is 0.314. The molecule has 0 fully saturated rings. The number of hydrogen-bond acceptors (Lipinski definition) is 1. The van der Waals surface area contributed by atoms with Crippen molar-refractivity contribution >= 4 is 18.4 Å². The summed E-state index contributed by atoms with van der Waals surface area (Å²) in [5.41, 5.74) is 9.28. The van der Waals surface area contributed by atoms with Gasteiger partial charge in [0.25, 0.3) is 0 Å². The number of aryl methyl sites for hydroxylation is 1. The van der Waals surface area contributed by atoms with Gasteiger partial charge in [-0.15, -0.1) is 0 Å². The maximum atomic E-state index is 5.90. The van der Waals surface area contributed by atoms with Gasteiger partial charge in [0.2, 0.25) is 0 Å². The largest absolute Gasteiger partial charge is 0.399 e. The first-order valence-corrected chi connectivity index (χ1v) is 8.23. The molecule has 2 heteroatoms. The Morgan fingerprint density at radius 1 is 1.10 bits per heavy atom. The summed E-state index contributed by atoms with van der Waals surface area (Å²) in [6.45, 7) is 9.04. The van der Waals surface area contributed by atoms with Crippen molar-refractivity contribution in [3.05, 3.63) is 23.8 Å². The molecule has 20 heavy (non-hydrogen) atoms. The first kappa shape index (κ1) is 17.1. The number of nitrogen functional groups attached to an aromatic ring is 1. The van der Waals surface area contributed by atoms with Crippen LogP contribution in [0.5, 0.6) is 0 Å². The van der Waals surface area contributed by atoms with Crippen LogP contribution in [0, 0.1) is 6.92 Å². The fourth-order valence-corrected chi connectivity index (χ4v) is 2.67. The van der Waals surface area contributed by atoms with Crippen LogP contribution in [0.4, 0.5) is 5.69 Å². The van der Waals surface area contributed by atoms with Crippen LogP contribution >= 0.6 is 0 Å². The van der Waals surface area contributed by atoms with Gasteiger partial charge < -0.3 is 5.73 Å². The van der Waals surface area contributed by atoms with Crippen LogP contribution in [0.3, 0.4) is 0 Å². The Kier molecular flexibility index (Phi) is 7.19. The predicted octanol–water partition coefficient (Wildman–Crippen LogP) is 4.86. The van der Waals surface area contributed by atoms with Crippen LogP contribution in [-0.2, 0) is 0 Å². The number of unbranched alkanes of at least 4 members (excludes halogenated alkanes) is 4. The second kappa shape index (κ2) is 8.39. The monoisotopic (exact) mass is 272 g/mol. The molecule has 0 saturated carbocycles. The van der Waals surface area contributed by atoms with Crippen LogP contribution < -0.4 is 11.2 Å². The van der Waals surface area contributed by atoms with E-state index in [1.165, 1.54) is 56.0 Å². The van der Waals surface area contributed by atoms with E-state index >= 15 is 0 Å². The molecular formula is C18H31BN. The molecule has 0 aliphatic carbocycles. The lowest BCUT2D eigenvalue weighted by molar-refractivity contribution is 0.490. The van der Waals surface area contributed by atoms with E-state index in [0.717, 1.165) is 5.69 Å². The average Bonchev–Trinajstić information content (AvgIpc) is 2.43. The predicted molar refractivity (Wildman–Crippen MR) is 93.0 cm³/mol. The Labute approximate surface area is 126 Å². The van der Waals surface area contributed by atoms with Crippen molar-refractivity contribution in [2.75, 3.05) is 5.73 Å². The Hall–Kier alpha value is -0.915. The van der Waals surface area contributed by atoms with Gasteiger partial charge in [-0.25, -0.2) is 0 Å². The molecule has 2 N–H and O–H groups in total. The summed E-state index contributed by atoms with van der Waals surface area (Å²) < 4.78 is 0. The maximum absolute atomic E-state index is 5.90. The van der Waals surface area contributed by atoms with Crippen molar-refractivity contribution < 1.29 is 0 Å². The van der Waals surface area contributed by atoms with Crippen LogP contribution in [0.2, 0.25) is 5.31 Å². The van der Waals surface area contributed by atoms with Gasteiger partial charge in [-0.2, -0.15) is 0 Å². The Morgan fingerprint density at radius 2 is 1.80 bits per heavy atom. The van der Waals surface area contributed by atoms with Gasteiger partial charge in [0, 0.05) is 5.69 Å². The van der Waals surface area contributed by atoms with Crippen molar-refractivity contribution in [2.24, 2.45) is 0 Å². The summed E-state index contributed by atoms with van der Waals surface area (Å²) in [6.07, 6.45) is 9.29. The molecule has 0 amide bonds. The van der Waals surface area contributed by atoms with E-state index < -0.39 is 0 Å². The molecule has 0 aliphatic heterocycles. The van der Waals surface area contributed by atoms with Crippen LogP contribution in [0.25, 0.3) is 0 Å². The van der Waals surface area contributed by atoms with E-state index in [9.17, 15) is 0 Å². The summed E-state index contributed by atoms with van der Waals surface area (Å²) in [5, 5.41) is 0.314. The zero-order valence-electron chi connectivity index (χ0n) is 13.8. The number of anilines is 1. The van der Waals surface area contributed by atoms with Crippen molar-refractivity contribution in [1.82, 2.24) is 0 Å². The second-order valence-electron chi connectivity index (χ2n) is 6.43. The summed E-state index contributed by atoms with van der Waals surface area (Å²) >= 11 is 0. The summed E-state index contributed by atoms with van der Waals surface area (Å²) in [5.74, 6) is 0. The molecular weight excluding hydrogens is 241 g/mol. The van der Waals surface area contributed by atoms with Gasteiger partial charge in [0.05, 0.1) is 0 Å². The lowest BCUT2D eigenvalue weighted by Crippen LogP contribution is -2.27. The average molecular weight is 272 g/mol. The number of hydrogen-bond donors (Lipinski definition) is 1. The molecule has 1 radical (unpaired) electrons. The minimum Gasteiger partial charge on any atom is -0.399 e. The fraction of sp³-hybridized carbons (Fsp3) is 0.667. The van der Waals surface area contributed by atoms with Crippen LogP contribution in [-0.4, -0.2) is 7.28 Å². The lowest BCUT2D eigenvalue weighted by atomic mass is 9.47. The van der Waals surface area contributed by atoms with E-state index in [1.807, 2.05) is 6.07 Å². The third-order valence-corrected chi connectivity index (χ3v) is 4.47. The van der Waals surface area contributed by atoms with Gasteiger partial charge in [0.15, 0.2) is 7.28 Å². The van der Waals surface area contributed by atoms with Crippen molar-refractivity contribution in [3.63, 3.8) is 0 Å². The molecule has 0 bridgehead atoms. The van der Waals surface area contributed by atoms with Gasteiger partial charge >= 0.3 is 0 Å². The lowest BCUT2D eigenvalue weighted by Gasteiger charge is -2.28. The number of nitrogens with two attached hydrogens (primary N) is 1. The Morgan fingerprint density at radius 3 is 2.40 bits per heavy atom. The highest BCUT2D eigenvalue weighted by Crippen LogP contribution is 2.35. The van der Waals surface area contributed by atoms with E-state index in [4.69, 9.17) is 5.73 Å². The molecule has 0 aromatic heterocycles. The highest BCUT2D eigenvalue weighted by molar-refractivity contribution is 6.56. The minimum absolute atomic E-state index is 0.314. The quantitative estimate of drug-likeness (QED) is 0.388. The highest BCUT2D eigenvalue weighted by atomic mass is 14.5. The normalized spacial score (nSPS) is 14.0. The third kappa shape index (κ3) is 5.60. The van der Waals surface area contributed by atoms with Gasteiger partial charge in [0.1, 0.15) is 0 Å². The first-order chi connectivity index (χ1) is 9.50. The van der Waals surface area contributed by atoms with Gasteiger partial charge in [-0.1, -0.05) is 88.6 Å². The second-order valence-corrected chi connectivity index (χ2v) is 6.43. The Bertz CT molecular complexity index is 402. The fourth-order valence-electron chi connectivity index (χ4n) is 2.67. The standard InChI is InChI=1S/C18H31BN/c1-5-7-8-9-10-13-18(4,6-2)19-16-11-12-17(20)15(3)14-16/h11-12,14H,5-10,13,20H2,1-4H3. The van der Waals surface area contributed by atoms with Crippen molar-refractivity contribution in [2.45, 2.75) is 78.0 Å². The van der Waals surface area contributed by atoms with E-state index in [1.54, 1.807) is 0 Å². The molecule has 0 saturated heterocycles. The molecule has 0 heterocycles. The smallest absolute Gasteiger partial charge is 0.158 e.